The third-order valence-electron chi connectivity index (χ3n) is 5.01. The lowest BCUT2D eigenvalue weighted by atomic mass is 9.64. The van der Waals surface area contributed by atoms with E-state index in [0.717, 1.165) is 0 Å². The maximum absolute atomic E-state index is 12.2. The molecule has 8 heteroatoms. The summed E-state index contributed by atoms with van der Waals surface area (Å²) in [6, 6.07) is 8.68. The number of aliphatic hydroxyl groups excluding tert-OH is 1. The number of benzene rings is 1. The van der Waals surface area contributed by atoms with Gasteiger partial charge in [0.05, 0.1) is 18.8 Å². The summed E-state index contributed by atoms with van der Waals surface area (Å²) in [7, 11) is 0. The summed E-state index contributed by atoms with van der Waals surface area (Å²) < 4.78 is 0. The van der Waals surface area contributed by atoms with Crippen molar-refractivity contribution >= 4 is 29.2 Å². The molecule has 0 amide bonds. The molecular weight excluding hydrogens is 366 g/mol. The largest absolute Gasteiger partial charge is 0.392 e. The van der Waals surface area contributed by atoms with Gasteiger partial charge in [-0.05, 0) is 30.7 Å². The molecule has 2 aromatic rings. The summed E-state index contributed by atoms with van der Waals surface area (Å²) in [5, 5.41) is 25.8. The number of nitrogens with zero attached hydrogens (tertiary/aromatic N) is 3. The fourth-order valence-electron chi connectivity index (χ4n) is 2.87. The zero-order valence-corrected chi connectivity index (χ0v) is 15.8. The van der Waals surface area contributed by atoms with Gasteiger partial charge >= 0.3 is 0 Å². The number of anilines is 2. The second kappa shape index (κ2) is 7.51. The molecule has 1 aromatic carbocycles. The predicted octanol–water partition coefficient (Wildman–Crippen LogP) is 2.87. The molecule has 140 valence electrons. The number of Topliss-reactive ketones (excluding diaryl/α,β-unsaturated/α-hetero) is 1. The van der Waals surface area contributed by atoms with Crippen LogP contribution in [0.2, 0.25) is 5.02 Å². The number of aromatic nitrogens is 2. The average molecular weight is 386 g/mol. The maximum Gasteiger partial charge on any atom is 0.225 e. The van der Waals surface area contributed by atoms with Gasteiger partial charge in [0.15, 0.2) is 5.78 Å². The number of hydrogen-bond donors (Lipinski definition) is 3. The zero-order valence-electron chi connectivity index (χ0n) is 15.0. The van der Waals surface area contributed by atoms with Gasteiger partial charge in [-0.3, -0.25) is 4.79 Å². The van der Waals surface area contributed by atoms with Crippen molar-refractivity contribution in [1.82, 2.24) is 9.97 Å². The Labute approximate surface area is 162 Å². The van der Waals surface area contributed by atoms with Crippen molar-refractivity contribution in [3.63, 3.8) is 0 Å². The quantitative estimate of drug-likeness (QED) is 0.655. The number of nitriles is 1. The molecule has 0 unspecified atom stereocenters. The highest BCUT2D eigenvalue weighted by atomic mass is 35.5. The highest BCUT2D eigenvalue weighted by molar-refractivity contribution is 6.30. The Balaban J connectivity index is 1.69. The van der Waals surface area contributed by atoms with Crippen molar-refractivity contribution in [2.24, 2.45) is 5.41 Å². The average Bonchev–Trinajstić information content (AvgIpc) is 2.66. The minimum Gasteiger partial charge on any atom is -0.392 e. The van der Waals surface area contributed by atoms with Crippen LogP contribution in [-0.4, -0.2) is 39.5 Å². The van der Waals surface area contributed by atoms with Crippen LogP contribution in [0.25, 0.3) is 0 Å². The molecule has 1 aliphatic carbocycles. The van der Waals surface area contributed by atoms with Gasteiger partial charge in [-0.2, -0.15) is 10.2 Å². The lowest BCUT2D eigenvalue weighted by molar-refractivity contribution is -0.0511. The van der Waals surface area contributed by atoms with Gasteiger partial charge in [-0.25, -0.2) is 4.98 Å². The lowest BCUT2D eigenvalue weighted by Gasteiger charge is -2.49. The van der Waals surface area contributed by atoms with Crippen LogP contribution in [0.5, 0.6) is 0 Å². The number of aliphatic hydroxyl groups is 1. The van der Waals surface area contributed by atoms with E-state index in [1.807, 2.05) is 13.8 Å². The van der Waals surface area contributed by atoms with E-state index in [1.54, 1.807) is 24.3 Å². The number of rotatable bonds is 6. The SMILES string of the molecule is CC1(C)[C@@H](O)C[C@H]1Nc1nc(NCC(=O)c2ccc(Cl)cc2)ncc1C#N. The minimum absolute atomic E-state index is 0.00181. The first kappa shape index (κ1) is 19.1. The maximum atomic E-state index is 12.2. The van der Waals surface area contributed by atoms with Gasteiger partial charge in [-0.1, -0.05) is 25.4 Å². The van der Waals surface area contributed by atoms with Crippen LogP contribution in [0.1, 0.15) is 36.2 Å². The molecule has 7 nitrogen and oxygen atoms in total. The Bertz CT molecular complexity index is 892. The summed E-state index contributed by atoms with van der Waals surface area (Å²) >= 11 is 5.83. The molecule has 1 aromatic heterocycles. The van der Waals surface area contributed by atoms with Crippen molar-refractivity contribution in [2.75, 3.05) is 17.2 Å². The van der Waals surface area contributed by atoms with Crippen molar-refractivity contribution in [2.45, 2.75) is 32.4 Å². The summed E-state index contributed by atoms with van der Waals surface area (Å²) in [6.45, 7) is 3.92. The van der Waals surface area contributed by atoms with E-state index in [9.17, 15) is 15.2 Å². The van der Waals surface area contributed by atoms with E-state index in [1.165, 1.54) is 6.20 Å². The topological polar surface area (TPSA) is 111 Å². The molecule has 0 radical (unpaired) electrons. The fourth-order valence-corrected chi connectivity index (χ4v) is 2.99. The van der Waals surface area contributed by atoms with Crippen LogP contribution in [0, 0.1) is 16.7 Å². The van der Waals surface area contributed by atoms with E-state index in [0.29, 0.717) is 28.4 Å². The van der Waals surface area contributed by atoms with Crippen molar-refractivity contribution in [1.29, 1.82) is 5.26 Å². The van der Waals surface area contributed by atoms with Crippen LogP contribution in [0.3, 0.4) is 0 Å². The molecule has 1 aliphatic rings. The Hall–Kier alpha value is -2.69. The molecular formula is C19H20ClN5O2. The standard InChI is InChI=1S/C19H20ClN5O2/c1-19(2)15(7-16(19)27)24-17-12(8-21)9-22-18(25-17)23-10-14(26)11-3-5-13(20)6-4-11/h3-6,9,15-16,27H,7,10H2,1-2H3,(H2,22,23,24,25)/t15-,16+/m1/s1. The first-order chi connectivity index (χ1) is 12.8. The van der Waals surface area contributed by atoms with Crippen molar-refractivity contribution in [3.8, 4) is 6.07 Å². The Kier molecular flexibility index (Phi) is 5.31. The molecule has 3 N–H and O–H groups in total. The zero-order chi connectivity index (χ0) is 19.6. The molecule has 27 heavy (non-hydrogen) atoms. The number of nitrogens with one attached hydrogen (secondary N) is 2. The summed E-state index contributed by atoms with van der Waals surface area (Å²) in [4.78, 5) is 20.6. The first-order valence-electron chi connectivity index (χ1n) is 8.55. The molecule has 0 spiro atoms. The molecule has 1 fully saturated rings. The number of hydrogen-bond acceptors (Lipinski definition) is 7. The third-order valence-corrected chi connectivity index (χ3v) is 5.26. The number of halogens is 1. The van der Waals surface area contributed by atoms with Crippen LogP contribution < -0.4 is 10.6 Å². The first-order valence-corrected chi connectivity index (χ1v) is 8.93. The molecule has 1 saturated carbocycles. The number of carbonyl (C=O) groups is 1. The molecule has 1 heterocycles. The number of carbonyl (C=O) groups excluding carboxylic acids is 1. The van der Waals surface area contributed by atoms with Gasteiger partial charge in [0.1, 0.15) is 17.5 Å². The van der Waals surface area contributed by atoms with Gasteiger partial charge in [-0.15, -0.1) is 0 Å². The highest BCUT2D eigenvalue weighted by Crippen LogP contribution is 2.42. The van der Waals surface area contributed by atoms with Gasteiger partial charge in [0.25, 0.3) is 0 Å². The van der Waals surface area contributed by atoms with E-state index >= 15 is 0 Å². The summed E-state index contributed by atoms with van der Waals surface area (Å²) in [5.74, 6) is 0.507. The molecule has 0 bridgehead atoms. The fraction of sp³-hybridized carbons (Fsp3) is 0.368. The molecule has 3 rings (SSSR count). The van der Waals surface area contributed by atoms with Crippen LogP contribution in [0.15, 0.2) is 30.5 Å². The Morgan fingerprint density at radius 3 is 2.70 bits per heavy atom. The second-order valence-electron chi connectivity index (χ2n) is 7.12. The van der Waals surface area contributed by atoms with E-state index in [2.05, 4.69) is 26.7 Å². The highest BCUT2D eigenvalue weighted by Gasteiger charge is 2.47. The normalized spacial score (nSPS) is 20.3. The van der Waals surface area contributed by atoms with Crippen LogP contribution in [-0.2, 0) is 0 Å². The second-order valence-corrected chi connectivity index (χ2v) is 7.56. The summed E-state index contributed by atoms with van der Waals surface area (Å²) in [6.07, 6.45) is 1.60. The Morgan fingerprint density at radius 1 is 1.41 bits per heavy atom. The van der Waals surface area contributed by atoms with Crippen molar-refractivity contribution in [3.05, 3.63) is 46.6 Å². The Morgan fingerprint density at radius 2 is 2.11 bits per heavy atom. The van der Waals surface area contributed by atoms with E-state index < -0.39 is 6.10 Å². The predicted molar refractivity (Wildman–Crippen MR) is 103 cm³/mol. The third kappa shape index (κ3) is 4.02. The molecule has 2 atom stereocenters. The van der Waals surface area contributed by atoms with Gasteiger partial charge in [0.2, 0.25) is 5.95 Å². The van der Waals surface area contributed by atoms with Gasteiger partial charge < -0.3 is 15.7 Å². The summed E-state index contributed by atoms with van der Waals surface area (Å²) in [5.41, 5.74) is 0.529. The van der Waals surface area contributed by atoms with Crippen LogP contribution >= 0.6 is 11.6 Å². The van der Waals surface area contributed by atoms with E-state index in [-0.39, 0.29) is 29.7 Å². The van der Waals surface area contributed by atoms with Crippen molar-refractivity contribution < 1.29 is 9.90 Å². The smallest absolute Gasteiger partial charge is 0.225 e. The van der Waals surface area contributed by atoms with E-state index in [4.69, 9.17) is 11.6 Å². The lowest BCUT2D eigenvalue weighted by Crippen LogP contribution is -2.57. The van der Waals surface area contributed by atoms with Crippen LogP contribution in [0.4, 0.5) is 11.8 Å². The molecule has 0 saturated heterocycles. The monoisotopic (exact) mass is 385 g/mol. The van der Waals surface area contributed by atoms with Gasteiger partial charge in [0, 0.05) is 22.0 Å². The minimum atomic E-state index is -0.392. The number of ketones is 1. The molecule has 0 aliphatic heterocycles.